The average molecular weight is 381 g/mol. The zero-order valence-corrected chi connectivity index (χ0v) is 14.7. The minimum Gasteiger partial charge on any atom is -0.335 e. The molecule has 1 saturated heterocycles. The SMILES string of the molecule is O=C(c1cccs1)N1CCN(S(=O)(=O)c2ccc([N+](=O)[O-])cc2)CC1. The maximum atomic E-state index is 12.6. The van der Waals surface area contributed by atoms with Crippen LogP contribution < -0.4 is 0 Å². The van der Waals surface area contributed by atoms with Gasteiger partial charge in [-0.2, -0.15) is 4.31 Å². The largest absolute Gasteiger partial charge is 0.335 e. The third-order valence-electron chi connectivity index (χ3n) is 3.94. The predicted octanol–water partition coefficient (Wildman–Crippen LogP) is 1.80. The van der Waals surface area contributed by atoms with Crippen LogP contribution in [0.2, 0.25) is 0 Å². The van der Waals surface area contributed by atoms with Crippen molar-refractivity contribution >= 4 is 33.0 Å². The lowest BCUT2D eigenvalue weighted by atomic mass is 10.3. The Hall–Kier alpha value is -2.30. The van der Waals surface area contributed by atoms with Gasteiger partial charge in [0, 0.05) is 38.3 Å². The second-order valence-corrected chi connectivity index (χ2v) is 8.31. The molecule has 1 aromatic heterocycles. The number of thiophene rings is 1. The van der Waals surface area contributed by atoms with Gasteiger partial charge in [0.25, 0.3) is 11.6 Å². The summed E-state index contributed by atoms with van der Waals surface area (Å²) in [4.78, 5) is 24.7. The summed E-state index contributed by atoms with van der Waals surface area (Å²) in [7, 11) is -3.73. The topological polar surface area (TPSA) is 101 Å². The highest BCUT2D eigenvalue weighted by Gasteiger charge is 2.30. The molecule has 132 valence electrons. The summed E-state index contributed by atoms with van der Waals surface area (Å²) in [5, 5.41) is 12.5. The summed E-state index contributed by atoms with van der Waals surface area (Å²) in [6.45, 7) is 0.999. The van der Waals surface area contributed by atoms with E-state index in [1.54, 1.807) is 17.0 Å². The van der Waals surface area contributed by atoms with Crippen LogP contribution in [0.4, 0.5) is 5.69 Å². The molecule has 1 aromatic carbocycles. The molecule has 0 bridgehead atoms. The number of hydrogen-bond acceptors (Lipinski definition) is 6. The van der Waals surface area contributed by atoms with E-state index in [4.69, 9.17) is 0 Å². The van der Waals surface area contributed by atoms with Gasteiger partial charge in [0.2, 0.25) is 10.0 Å². The Balaban J connectivity index is 1.69. The number of amides is 1. The Morgan fingerprint density at radius 2 is 1.72 bits per heavy atom. The lowest BCUT2D eigenvalue weighted by molar-refractivity contribution is -0.384. The third-order valence-corrected chi connectivity index (χ3v) is 6.71. The van der Waals surface area contributed by atoms with Crippen molar-refractivity contribution in [3.8, 4) is 0 Å². The summed E-state index contributed by atoms with van der Waals surface area (Å²) in [6.07, 6.45) is 0. The molecular weight excluding hydrogens is 366 g/mol. The molecule has 2 heterocycles. The van der Waals surface area contributed by atoms with Crippen LogP contribution in [-0.2, 0) is 10.0 Å². The number of hydrogen-bond donors (Lipinski definition) is 0. The van der Waals surface area contributed by atoms with Crippen molar-refractivity contribution in [1.29, 1.82) is 0 Å². The van der Waals surface area contributed by atoms with Crippen molar-refractivity contribution in [2.24, 2.45) is 0 Å². The van der Waals surface area contributed by atoms with Gasteiger partial charge in [-0.3, -0.25) is 14.9 Å². The molecule has 1 amide bonds. The van der Waals surface area contributed by atoms with Gasteiger partial charge in [0.05, 0.1) is 14.7 Å². The van der Waals surface area contributed by atoms with Gasteiger partial charge in [-0.15, -0.1) is 11.3 Å². The summed E-state index contributed by atoms with van der Waals surface area (Å²) in [5.74, 6) is -0.0950. The highest BCUT2D eigenvalue weighted by molar-refractivity contribution is 7.89. The van der Waals surface area contributed by atoms with E-state index in [2.05, 4.69) is 0 Å². The van der Waals surface area contributed by atoms with E-state index in [0.29, 0.717) is 18.0 Å². The summed E-state index contributed by atoms with van der Waals surface area (Å²) >= 11 is 1.35. The highest BCUT2D eigenvalue weighted by atomic mass is 32.2. The Morgan fingerprint density at radius 1 is 1.08 bits per heavy atom. The van der Waals surface area contributed by atoms with Gasteiger partial charge in [-0.1, -0.05) is 6.07 Å². The minimum atomic E-state index is -3.73. The second-order valence-electron chi connectivity index (χ2n) is 5.42. The molecule has 1 fully saturated rings. The standard InChI is InChI=1S/C15H15N3O5S2/c19-15(14-2-1-11-24-14)16-7-9-17(10-8-16)25(22,23)13-5-3-12(4-6-13)18(20)21/h1-6,11H,7-10H2. The number of nitro groups is 1. The minimum absolute atomic E-state index is 0.0103. The van der Waals surface area contributed by atoms with E-state index in [-0.39, 0.29) is 29.6 Å². The maximum Gasteiger partial charge on any atom is 0.269 e. The number of nitro benzene ring substituents is 1. The zero-order chi connectivity index (χ0) is 18.0. The molecule has 25 heavy (non-hydrogen) atoms. The van der Waals surface area contributed by atoms with Crippen molar-refractivity contribution in [3.05, 3.63) is 56.8 Å². The van der Waals surface area contributed by atoms with Gasteiger partial charge in [-0.25, -0.2) is 8.42 Å². The zero-order valence-electron chi connectivity index (χ0n) is 13.1. The smallest absolute Gasteiger partial charge is 0.269 e. The fourth-order valence-corrected chi connectivity index (χ4v) is 4.69. The van der Waals surface area contributed by atoms with Crippen LogP contribution in [0.25, 0.3) is 0 Å². The van der Waals surface area contributed by atoms with Gasteiger partial charge < -0.3 is 4.90 Å². The van der Waals surface area contributed by atoms with E-state index in [9.17, 15) is 23.3 Å². The third kappa shape index (κ3) is 3.55. The van der Waals surface area contributed by atoms with Crippen LogP contribution in [-0.4, -0.2) is 54.6 Å². The van der Waals surface area contributed by atoms with Crippen molar-refractivity contribution in [2.75, 3.05) is 26.2 Å². The van der Waals surface area contributed by atoms with Gasteiger partial charge in [0.15, 0.2) is 0 Å². The molecule has 2 aromatic rings. The van der Waals surface area contributed by atoms with Crippen molar-refractivity contribution in [3.63, 3.8) is 0 Å². The van der Waals surface area contributed by atoms with E-state index in [0.717, 1.165) is 0 Å². The maximum absolute atomic E-state index is 12.6. The highest BCUT2D eigenvalue weighted by Crippen LogP contribution is 2.21. The van der Waals surface area contributed by atoms with E-state index in [1.807, 2.05) is 5.38 Å². The molecule has 3 rings (SSSR count). The number of rotatable bonds is 4. The number of non-ortho nitro benzene ring substituents is 1. The molecule has 0 radical (unpaired) electrons. The second kappa shape index (κ2) is 6.90. The number of carbonyl (C=O) groups excluding carboxylic acids is 1. The van der Waals surface area contributed by atoms with Crippen LogP contribution in [0.3, 0.4) is 0 Å². The molecule has 10 heteroatoms. The van der Waals surface area contributed by atoms with Gasteiger partial charge >= 0.3 is 0 Å². The molecule has 0 spiro atoms. The van der Waals surface area contributed by atoms with E-state index >= 15 is 0 Å². The Kier molecular flexibility index (Phi) is 4.84. The molecule has 0 N–H and O–H groups in total. The fourth-order valence-electron chi connectivity index (χ4n) is 2.58. The van der Waals surface area contributed by atoms with E-state index in [1.165, 1.54) is 39.9 Å². The van der Waals surface area contributed by atoms with E-state index < -0.39 is 14.9 Å². The lowest BCUT2D eigenvalue weighted by Crippen LogP contribution is -2.50. The van der Waals surface area contributed by atoms with Crippen molar-refractivity contribution in [2.45, 2.75) is 4.90 Å². The molecule has 0 atom stereocenters. The number of carbonyl (C=O) groups is 1. The molecule has 8 nitrogen and oxygen atoms in total. The van der Waals surface area contributed by atoms with Crippen LogP contribution >= 0.6 is 11.3 Å². The Labute approximate surface area is 148 Å². The molecule has 1 aliphatic heterocycles. The first-order valence-electron chi connectivity index (χ1n) is 7.47. The quantitative estimate of drug-likeness (QED) is 0.594. The monoisotopic (exact) mass is 381 g/mol. The molecule has 1 aliphatic rings. The van der Waals surface area contributed by atoms with Crippen molar-refractivity contribution in [1.82, 2.24) is 9.21 Å². The number of nitrogens with zero attached hydrogens (tertiary/aromatic N) is 3. The summed E-state index contributed by atoms with van der Waals surface area (Å²) in [5.41, 5.74) is -0.162. The molecular formula is C15H15N3O5S2. The summed E-state index contributed by atoms with van der Waals surface area (Å²) in [6, 6.07) is 8.35. The van der Waals surface area contributed by atoms with Crippen LogP contribution in [0, 0.1) is 10.1 Å². The fraction of sp³-hybridized carbons (Fsp3) is 0.267. The van der Waals surface area contributed by atoms with Crippen LogP contribution in [0.1, 0.15) is 9.67 Å². The summed E-state index contributed by atoms with van der Waals surface area (Å²) < 4.78 is 26.6. The van der Waals surface area contributed by atoms with Crippen molar-refractivity contribution < 1.29 is 18.1 Å². The Bertz CT molecular complexity index is 870. The normalized spacial score (nSPS) is 15.9. The number of piperazine rings is 1. The molecule has 0 saturated carbocycles. The lowest BCUT2D eigenvalue weighted by Gasteiger charge is -2.33. The first kappa shape index (κ1) is 17.5. The predicted molar refractivity (Wildman–Crippen MR) is 92.1 cm³/mol. The average Bonchev–Trinajstić information content (AvgIpc) is 3.16. The first-order valence-corrected chi connectivity index (χ1v) is 9.79. The molecule has 0 unspecified atom stereocenters. The molecule has 0 aliphatic carbocycles. The van der Waals surface area contributed by atoms with Gasteiger partial charge in [-0.05, 0) is 23.6 Å². The van der Waals surface area contributed by atoms with Crippen LogP contribution in [0.15, 0.2) is 46.7 Å². The number of benzene rings is 1. The van der Waals surface area contributed by atoms with Crippen LogP contribution in [0.5, 0.6) is 0 Å². The van der Waals surface area contributed by atoms with Gasteiger partial charge in [0.1, 0.15) is 0 Å². The first-order chi connectivity index (χ1) is 11.9. The number of sulfonamides is 1. The Morgan fingerprint density at radius 3 is 2.24 bits per heavy atom.